The smallest absolute Gasteiger partial charge is 0.445 e. The van der Waals surface area contributed by atoms with Gasteiger partial charge < -0.3 is 12.9 Å². The maximum atomic E-state index is 12.4. The predicted molar refractivity (Wildman–Crippen MR) is 61.2 cm³/mol. The summed E-state index contributed by atoms with van der Waals surface area (Å²) in [5.74, 6) is 0.906. The number of halogens is 3. The SMILES string of the molecule is C=C(CN1CCSC(C)C1C)[B-](F)(F)F.[K+]. The van der Waals surface area contributed by atoms with E-state index in [-0.39, 0.29) is 64.0 Å². The average molecular weight is 277 g/mol. The Balaban J connectivity index is 0.00000225. The molecule has 1 aliphatic rings. The maximum absolute atomic E-state index is 12.4. The molecule has 1 rings (SSSR count). The summed E-state index contributed by atoms with van der Waals surface area (Å²) < 4.78 is 37.1. The quantitative estimate of drug-likeness (QED) is 0.655. The van der Waals surface area contributed by atoms with E-state index in [4.69, 9.17) is 0 Å². The van der Waals surface area contributed by atoms with Gasteiger partial charge in [-0.1, -0.05) is 6.92 Å². The summed E-state index contributed by atoms with van der Waals surface area (Å²) in [5, 5.41) is 0.396. The second-order valence-corrected chi connectivity index (χ2v) is 5.51. The van der Waals surface area contributed by atoms with Crippen molar-refractivity contribution in [3.05, 3.63) is 12.1 Å². The van der Waals surface area contributed by atoms with Crippen LogP contribution in [0.1, 0.15) is 13.8 Å². The first-order valence-corrected chi connectivity index (χ1v) is 6.10. The number of thioether (sulfide) groups is 1. The number of hydrogen-bond donors (Lipinski definition) is 0. The fraction of sp³-hybridized carbons (Fsp3) is 0.778. The van der Waals surface area contributed by atoms with E-state index in [1.54, 1.807) is 0 Å². The van der Waals surface area contributed by atoms with Crippen molar-refractivity contribution >= 4 is 18.7 Å². The largest absolute Gasteiger partial charge is 1.00 e. The molecule has 0 spiro atoms. The number of rotatable bonds is 3. The van der Waals surface area contributed by atoms with Crippen molar-refractivity contribution in [2.45, 2.75) is 25.1 Å². The van der Waals surface area contributed by atoms with Crippen LogP contribution in [0.4, 0.5) is 12.9 Å². The Morgan fingerprint density at radius 3 is 2.50 bits per heavy atom. The third kappa shape index (κ3) is 5.04. The minimum absolute atomic E-state index is 0. The van der Waals surface area contributed by atoms with Crippen LogP contribution in [0, 0.1) is 0 Å². The van der Waals surface area contributed by atoms with Crippen molar-refractivity contribution in [2.75, 3.05) is 18.8 Å². The molecule has 1 heterocycles. The van der Waals surface area contributed by atoms with Crippen LogP contribution in [0.5, 0.6) is 0 Å². The topological polar surface area (TPSA) is 3.24 Å². The molecule has 16 heavy (non-hydrogen) atoms. The predicted octanol–water partition coefficient (Wildman–Crippen LogP) is -0.241. The summed E-state index contributed by atoms with van der Waals surface area (Å²) in [7, 11) is 0. The zero-order chi connectivity index (χ0) is 11.6. The van der Waals surface area contributed by atoms with Crippen molar-refractivity contribution < 1.29 is 64.3 Å². The molecule has 1 fully saturated rings. The molecule has 0 bridgehead atoms. The van der Waals surface area contributed by atoms with E-state index in [1.165, 1.54) is 0 Å². The zero-order valence-corrected chi connectivity index (χ0v) is 14.0. The maximum Gasteiger partial charge on any atom is 1.00 e. The minimum atomic E-state index is -4.88. The number of hydrogen-bond acceptors (Lipinski definition) is 2. The third-order valence-corrected chi connectivity index (χ3v) is 4.22. The van der Waals surface area contributed by atoms with Crippen LogP contribution in [0.2, 0.25) is 0 Å². The normalized spacial score (nSPS) is 27.3. The van der Waals surface area contributed by atoms with Crippen molar-refractivity contribution in [2.24, 2.45) is 0 Å². The summed E-state index contributed by atoms with van der Waals surface area (Å²) in [4.78, 5) is 1.87. The van der Waals surface area contributed by atoms with Gasteiger partial charge >= 0.3 is 58.4 Å². The van der Waals surface area contributed by atoms with E-state index in [9.17, 15) is 12.9 Å². The molecule has 0 N–H and O–H groups in total. The second-order valence-electron chi connectivity index (χ2n) is 4.02. The summed E-state index contributed by atoms with van der Waals surface area (Å²) in [6.45, 7) is 2.98. The zero-order valence-electron chi connectivity index (χ0n) is 10.0. The summed E-state index contributed by atoms with van der Waals surface area (Å²) in [6.07, 6.45) is 0. The Morgan fingerprint density at radius 1 is 1.44 bits per heavy atom. The van der Waals surface area contributed by atoms with E-state index in [1.807, 2.05) is 23.6 Å². The van der Waals surface area contributed by atoms with Crippen molar-refractivity contribution in [1.29, 1.82) is 0 Å². The fourth-order valence-corrected chi connectivity index (χ4v) is 2.75. The van der Waals surface area contributed by atoms with Crippen LogP contribution in [0.25, 0.3) is 0 Å². The summed E-state index contributed by atoms with van der Waals surface area (Å²) >= 11 is 1.82. The molecule has 0 aromatic carbocycles. The van der Waals surface area contributed by atoms with Crippen LogP contribution in [-0.2, 0) is 0 Å². The molecule has 1 nitrogen and oxygen atoms in total. The summed E-state index contributed by atoms with van der Waals surface area (Å²) in [6, 6.07) is 0.193. The molecular weight excluding hydrogens is 261 g/mol. The van der Waals surface area contributed by atoms with Gasteiger partial charge in [-0.3, -0.25) is 4.90 Å². The van der Waals surface area contributed by atoms with Crippen LogP contribution >= 0.6 is 11.8 Å². The first kappa shape index (κ1) is 17.5. The molecule has 2 atom stereocenters. The Kier molecular flexibility index (Phi) is 7.90. The third-order valence-electron chi connectivity index (χ3n) is 2.88. The van der Waals surface area contributed by atoms with Gasteiger partial charge in [0.25, 0.3) is 0 Å². The Bertz CT molecular complexity index is 249. The molecule has 0 radical (unpaired) electrons. The van der Waals surface area contributed by atoms with Gasteiger partial charge in [-0.05, 0) is 13.5 Å². The Labute approximate surface area is 142 Å². The van der Waals surface area contributed by atoms with E-state index in [0.717, 1.165) is 12.3 Å². The standard InChI is InChI=1S/C9H16BF3NS.K/c1-7(10(11,12)13)6-14-4-5-15-9(3)8(14)2;/h8-9H,1,4-6H2,2-3H3;/q-1;+1. The Hall–Kier alpha value is 1.54. The van der Waals surface area contributed by atoms with Crippen molar-refractivity contribution in [1.82, 2.24) is 4.90 Å². The second kappa shape index (κ2) is 7.21. The molecule has 1 saturated heterocycles. The van der Waals surface area contributed by atoms with Crippen LogP contribution in [0.15, 0.2) is 12.1 Å². The van der Waals surface area contributed by atoms with Crippen LogP contribution in [-0.4, -0.2) is 42.0 Å². The van der Waals surface area contributed by atoms with Crippen LogP contribution in [0.3, 0.4) is 0 Å². The molecule has 0 aliphatic carbocycles. The molecule has 2 unspecified atom stereocenters. The molecule has 88 valence electrons. The van der Waals surface area contributed by atoms with Gasteiger partial charge in [0, 0.05) is 23.6 Å². The van der Waals surface area contributed by atoms with Gasteiger partial charge in [0.2, 0.25) is 0 Å². The van der Waals surface area contributed by atoms with Crippen molar-refractivity contribution in [3.63, 3.8) is 0 Å². The first-order chi connectivity index (χ1) is 6.82. The van der Waals surface area contributed by atoms with Gasteiger partial charge in [0.15, 0.2) is 0 Å². The van der Waals surface area contributed by atoms with E-state index < -0.39 is 12.4 Å². The summed E-state index contributed by atoms with van der Waals surface area (Å²) in [5.41, 5.74) is -0.582. The van der Waals surface area contributed by atoms with Crippen LogP contribution < -0.4 is 51.4 Å². The van der Waals surface area contributed by atoms with Gasteiger partial charge in [0.05, 0.1) is 0 Å². The molecule has 7 heteroatoms. The molecule has 1 aliphatic heterocycles. The minimum Gasteiger partial charge on any atom is -0.445 e. The fourth-order valence-electron chi connectivity index (χ4n) is 1.58. The van der Waals surface area contributed by atoms with Gasteiger partial charge in [0.1, 0.15) is 0 Å². The van der Waals surface area contributed by atoms with E-state index in [0.29, 0.717) is 5.25 Å². The van der Waals surface area contributed by atoms with E-state index in [2.05, 4.69) is 13.5 Å². The Morgan fingerprint density at radius 2 is 2.00 bits per heavy atom. The van der Waals surface area contributed by atoms with Crippen molar-refractivity contribution in [3.8, 4) is 0 Å². The van der Waals surface area contributed by atoms with Gasteiger partial charge in [-0.15, -0.1) is 12.1 Å². The molecule has 0 aromatic heterocycles. The first-order valence-electron chi connectivity index (χ1n) is 5.05. The molecular formula is C9H16BF3KNS. The average Bonchev–Trinajstić information content (AvgIpc) is 2.11. The molecule has 0 aromatic rings. The number of nitrogens with zero attached hydrogens (tertiary/aromatic N) is 1. The van der Waals surface area contributed by atoms with Gasteiger partial charge in [-0.2, -0.15) is 11.8 Å². The molecule has 0 saturated carbocycles. The van der Waals surface area contributed by atoms with Gasteiger partial charge in [-0.25, -0.2) is 0 Å². The van der Waals surface area contributed by atoms with E-state index >= 15 is 0 Å². The monoisotopic (exact) mass is 277 g/mol. The molecule has 0 amide bonds.